The van der Waals surface area contributed by atoms with Gasteiger partial charge in [0, 0.05) is 13.0 Å². The zero-order chi connectivity index (χ0) is 18.9. The first-order chi connectivity index (χ1) is 12.3. The van der Waals surface area contributed by atoms with Crippen molar-refractivity contribution >= 4 is 23.7 Å². The lowest BCUT2D eigenvalue weighted by atomic mass is 9.77. The van der Waals surface area contributed by atoms with E-state index in [0.29, 0.717) is 29.9 Å². The number of hydrogen-bond donors (Lipinski definition) is 2. The zero-order valence-electron chi connectivity index (χ0n) is 14.7. The van der Waals surface area contributed by atoms with E-state index in [4.69, 9.17) is 0 Å². The van der Waals surface area contributed by atoms with Gasteiger partial charge < -0.3 is 10.4 Å². The molecule has 138 valence electrons. The van der Waals surface area contributed by atoms with E-state index in [-0.39, 0.29) is 13.0 Å². The number of benzene rings is 1. The summed E-state index contributed by atoms with van der Waals surface area (Å²) in [5.74, 6) is -1.88. The lowest BCUT2D eigenvalue weighted by molar-refractivity contribution is -0.149. The van der Waals surface area contributed by atoms with Gasteiger partial charge in [-0.2, -0.15) is 0 Å². The molecule has 0 atom stereocenters. The van der Waals surface area contributed by atoms with Crippen LogP contribution in [0.15, 0.2) is 24.3 Å². The van der Waals surface area contributed by atoms with Gasteiger partial charge in [-0.15, -0.1) is 0 Å². The molecule has 0 radical (unpaired) electrons. The van der Waals surface area contributed by atoms with E-state index in [1.807, 2.05) is 0 Å². The van der Waals surface area contributed by atoms with Crippen molar-refractivity contribution in [1.29, 1.82) is 0 Å². The Morgan fingerprint density at radius 1 is 1.15 bits per heavy atom. The monoisotopic (exact) mass is 358 g/mol. The number of carboxylic acids is 1. The van der Waals surface area contributed by atoms with Crippen molar-refractivity contribution in [3.8, 4) is 0 Å². The van der Waals surface area contributed by atoms with Crippen LogP contribution in [-0.4, -0.2) is 45.8 Å². The van der Waals surface area contributed by atoms with Crippen LogP contribution in [0, 0.1) is 5.92 Å². The van der Waals surface area contributed by atoms with Crippen LogP contribution in [0.25, 0.3) is 0 Å². The van der Waals surface area contributed by atoms with E-state index in [1.54, 1.807) is 24.3 Å². The van der Waals surface area contributed by atoms with Crippen LogP contribution in [0.2, 0.25) is 0 Å². The molecule has 1 heterocycles. The number of carbonyl (C=O) groups is 4. The van der Waals surface area contributed by atoms with E-state index >= 15 is 0 Å². The highest BCUT2D eigenvalue weighted by Gasteiger charge is 2.42. The van der Waals surface area contributed by atoms with Gasteiger partial charge in [-0.05, 0) is 43.7 Å². The van der Waals surface area contributed by atoms with Gasteiger partial charge in [0.2, 0.25) is 5.91 Å². The number of rotatable bonds is 5. The number of imide groups is 1. The molecule has 1 aliphatic carbocycles. The predicted octanol–water partition coefficient (Wildman–Crippen LogP) is 1.82. The van der Waals surface area contributed by atoms with Crippen LogP contribution in [0.1, 0.15) is 59.7 Å². The third-order valence-electron chi connectivity index (χ3n) is 5.36. The molecule has 2 N–H and O–H groups in total. The Labute approximate surface area is 151 Å². The van der Waals surface area contributed by atoms with Crippen molar-refractivity contribution in [2.24, 2.45) is 5.92 Å². The largest absolute Gasteiger partial charge is 0.480 e. The van der Waals surface area contributed by atoms with Gasteiger partial charge in [-0.1, -0.05) is 19.1 Å². The molecule has 0 unspecified atom stereocenters. The summed E-state index contributed by atoms with van der Waals surface area (Å²) in [4.78, 5) is 49.7. The Morgan fingerprint density at radius 2 is 1.69 bits per heavy atom. The van der Waals surface area contributed by atoms with Gasteiger partial charge in [-0.3, -0.25) is 19.3 Å². The second kappa shape index (κ2) is 6.90. The van der Waals surface area contributed by atoms with E-state index in [2.05, 4.69) is 12.2 Å². The molecule has 2 aliphatic rings. The third kappa shape index (κ3) is 3.21. The molecular weight excluding hydrogens is 336 g/mol. The lowest BCUT2D eigenvalue weighted by Gasteiger charge is -2.36. The summed E-state index contributed by atoms with van der Waals surface area (Å²) in [7, 11) is 0. The fraction of sp³-hybridized carbons (Fsp3) is 0.474. The van der Waals surface area contributed by atoms with E-state index < -0.39 is 29.2 Å². The maximum atomic E-state index is 12.3. The fourth-order valence-corrected chi connectivity index (χ4v) is 3.63. The second-order valence-corrected chi connectivity index (χ2v) is 7.18. The smallest absolute Gasteiger partial charge is 0.329 e. The Bertz CT molecular complexity index is 730. The number of aliphatic carboxylic acids is 1. The van der Waals surface area contributed by atoms with Crippen LogP contribution in [0.4, 0.5) is 0 Å². The summed E-state index contributed by atoms with van der Waals surface area (Å²) < 4.78 is 0. The van der Waals surface area contributed by atoms with Gasteiger partial charge in [0.25, 0.3) is 11.8 Å². The molecule has 1 aromatic rings. The van der Waals surface area contributed by atoms with Crippen molar-refractivity contribution in [2.75, 3.05) is 6.54 Å². The highest BCUT2D eigenvalue weighted by Crippen LogP contribution is 2.32. The number of nitrogens with zero attached hydrogens (tertiary/aromatic N) is 1. The van der Waals surface area contributed by atoms with Crippen molar-refractivity contribution < 1.29 is 24.3 Å². The van der Waals surface area contributed by atoms with Crippen LogP contribution in [0.5, 0.6) is 0 Å². The number of nitrogens with one attached hydrogen (secondary N) is 1. The number of fused-ring (bicyclic) bond motifs is 1. The fourth-order valence-electron chi connectivity index (χ4n) is 3.63. The Kier molecular flexibility index (Phi) is 4.80. The molecule has 7 heteroatoms. The zero-order valence-corrected chi connectivity index (χ0v) is 14.7. The van der Waals surface area contributed by atoms with Gasteiger partial charge in [0.15, 0.2) is 0 Å². The highest BCUT2D eigenvalue weighted by atomic mass is 16.4. The first-order valence-corrected chi connectivity index (χ1v) is 8.84. The van der Waals surface area contributed by atoms with Crippen LogP contribution in [0.3, 0.4) is 0 Å². The van der Waals surface area contributed by atoms with Crippen LogP contribution in [-0.2, 0) is 9.59 Å². The van der Waals surface area contributed by atoms with E-state index in [1.165, 1.54) is 0 Å². The van der Waals surface area contributed by atoms with Gasteiger partial charge in [-0.25, -0.2) is 4.79 Å². The van der Waals surface area contributed by atoms with Crippen LogP contribution < -0.4 is 5.32 Å². The SMILES string of the molecule is CC1CCC(NC(=O)CCN2C(=O)c3ccccc3C2=O)(C(=O)O)CC1. The Morgan fingerprint density at radius 3 is 2.19 bits per heavy atom. The number of carboxylic acid groups (broad SMARTS) is 1. The summed E-state index contributed by atoms with van der Waals surface area (Å²) in [6, 6.07) is 6.53. The normalized spacial score (nSPS) is 25.1. The molecular formula is C19H22N2O5. The Hall–Kier alpha value is -2.70. The molecule has 0 spiro atoms. The molecule has 26 heavy (non-hydrogen) atoms. The van der Waals surface area contributed by atoms with Crippen molar-refractivity contribution in [3.05, 3.63) is 35.4 Å². The molecule has 7 nitrogen and oxygen atoms in total. The summed E-state index contributed by atoms with van der Waals surface area (Å²) in [5, 5.41) is 12.2. The summed E-state index contributed by atoms with van der Waals surface area (Å²) in [6.07, 6.45) is 2.15. The molecule has 1 fully saturated rings. The third-order valence-corrected chi connectivity index (χ3v) is 5.36. The number of carbonyl (C=O) groups excluding carboxylic acids is 3. The van der Waals surface area contributed by atoms with Crippen molar-refractivity contribution in [3.63, 3.8) is 0 Å². The molecule has 0 aromatic heterocycles. The first-order valence-electron chi connectivity index (χ1n) is 8.84. The van der Waals surface area contributed by atoms with Crippen LogP contribution >= 0.6 is 0 Å². The van der Waals surface area contributed by atoms with Gasteiger partial charge in [0.1, 0.15) is 5.54 Å². The van der Waals surface area contributed by atoms with Crippen molar-refractivity contribution in [1.82, 2.24) is 10.2 Å². The molecule has 3 amide bonds. The minimum Gasteiger partial charge on any atom is -0.480 e. The maximum absolute atomic E-state index is 12.3. The molecule has 1 aromatic carbocycles. The molecule has 0 saturated heterocycles. The topological polar surface area (TPSA) is 104 Å². The van der Waals surface area contributed by atoms with Gasteiger partial charge in [0.05, 0.1) is 11.1 Å². The number of hydrogen-bond acceptors (Lipinski definition) is 4. The summed E-state index contributed by atoms with van der Waals surface area (Å²) in [6.45, 7) is 2.00. The van der Waals surface area contributed by atoms with E-state index in [0.717, 1.165) is 17.7 Å². The second-order valence-electron chi connectivity index (χ2n) is 7.18. The predicted molar refractivity (Wildman–Crippen MR) is 92.6 cm³/mol. The molecule has 3 rings (SSSR count). The highest BCUT2D eigenvalue weighted by molar-refractivity contribution is 6.21. The summed E-state index contributed by atoms with van der Waals surface area (Å²) in [5.41, 5.74) is -0.576. The Balaban J connectivity index is 1.62. The standard InChI is InChI=1S/C19H22N2O5/c1-12-6-9-19(10-7-12,18(25)26)20-15(22)8-11-21-16(23)13-4-2-3-5-14(13)17(21)24/h2-5,12H,6-11H2,1H3,(H,20,22)(H,25,26). The molecule has 0 bridgehead atoms. The quantitative estimate of drug-likeness (QED) is 0.782. The van der Waals surface area contributed by atoms with E-state index in [9.17, 15) is 24.3 Å². The van der Waals surface area contributed by atoms with Gasteiger partial charge >= 0.3 is 5.97 Å². The molecule has 1 saturated carbocycles. The number of amides is 3. The molecule has 1 aliphatic heterocycles. The summed E-state index contributed by atoms with van der Waals surface area (Å²) >= 11 is 0. The minimum atomic E-state index is -1.24. The maximum Gasteiger partial charge on any atom is 0.329 e. The lowest BCUT2D eigenvalue weighted by Crippen LogP contribution is -2.56. The average Bonchev–Trinajstić information content (AvgIpc) is 2.86. The minimum absolute atomic E-state index is 0.0652. The average molecular weight is 358 g/mol. The van der Waals surface area contributed by atoms with Crippen molar-refractivity contribution in [2.45, 2.75) is 44.6 Å². The first kappa shape index (κ1) is 18.1.